The predicted octanol–water partition coefficient (Wildman–Crippen LogP) is 2.78. The molecule has 3 aromatic rings. The molecule has 1 aliphatic carbocycles. The third-order valence-corrected chi connectivity index (χ3v) is 4.87. The first kappa shape index (κ1) is 14.8. The van der Waals surface area contributed by atoms with E-state index in [0.717, 1.165) is 18.4 Å². The van der Waals surface area contributed by atoms with E-state index >= 15 is 0 Å². The maximum absolute atomic E-state index is 12.4. The zero-order valence-corrected chi connectivity index (χ0v) is 13.6. The van der Waals surface area contributed by atoms with Crippen LogP contribution in [-0.4, -0.2) is 25.8 Å². The number of aromatic nitrogens is 4. The van der Waals surface area contributed by atoms with Gasteiger partial charge in [0.05, 0.1) is 18.4 Å². The number of aryl methyl sites for hydroxylation is 1. The van der Waals surface area contributed by atoms with Crippen molar-refractivity contribution in [2.24, 2.45) is 0 Å². The number of nitrogens with zero attached hydrogens (tertiary/aromatic N) is 4. The van der Waals surface area contributed by atoms with Gasteiger partial charge in [0.25, 0.3) is 0 Å². The number of anilines is 1. The van der Waals surface area contributed by atoms with Gasteiger partial charge in [0, 0.05) is 12.4 Å². The van der Waals surface area contributed by atoms with Crippen LogP contribution < -0.4 is 10.6 Å². The molecule has 122 valence electrons. The Kier molecular flexibility index (Phi) is 3.96. The van der Waals surface area contributed by atoms with Gasteiger partial charge >= 0.3 is 6.03 Å². The number of amides is 2. The Hall–Kier alpha value is -2.74. The van der Waals surface area contributed by atoms with Crippen molar-refractivity contribution in [1.82, 2.24) is 25.1 Å². The summed E-state index contributed by atoms with van der Waals surface area (Å²) in [5.74, 6) is 0. The summed E-state index contributed by atoms with van der Waals surface area (Å²) in [5, 5.41) is 13.9. The monoisotopic (exact) mass is 340 g/mol. The van der Waals surface area contributed by atoms with Crippen LogP contribution in [0.25, 0.3) is 0 Å². The van der Waals surface area contributed by atoms with Crippen LogP contribution in [0.2, 0.25) is 0 Å². The quantitative estimate of drug-likeness (QED) is 0.768. The largest absolute Gasteiger partial charge is 0.332 e. The molecular weight excluding hydrogens is 324 g/mol. The van der Waals surface area contributed by atoms with Crippen molar-refractivity contribution in [3.8, 4) is 0 Å². The second-order valence-corrected chi connectivity index (χ2v) is 6.47. The molecule has 2 heterocycles. The molecule has 0 fully saturated rings. The van der Waals surface area contributed by atoms with E-state index in [1.807, 2.05) is 18.3 Å². The Labute approximate surface area is 142 Å². The SMILES string of the molecule is O=C(Nc1nncs1)N[C@H]1c2ccccc2CC[C@@H]1n1ccnc1. The van der Waals surface area contributed by atoms with Crippen LogP contribution in [-0.2, 0) is 6.42 Å². The number of hydrogen-bond acceptors (Lipinski definition) is 5. The van der Waals surface area contributed by atoms with Gasteiger partial charge in [0.15, 0.2) is 0 Å². The predicted molar refractivity (Wildman–Crippen MR) is 90.8 cm³/mol. The molecule has 7 nitrogen and oxygen atoms in total. The van der Waals surface area contributed by atoms with Gasteiger partial charge in [0.1, 0.15) is 5.51 Å². The van der Waals surface area contributed by atoms with Crippen LogP contribution in [0.3, 0.4) is 0 Å². The van der Waals surface area contributed by atoms with E-state index in [2.05, 4.69) is 42.5 Å². The van der Waals surface area contributed by atoms with Gasteiger partial charge in [-0.1, -0.05) is 35.6 Å². The first-order chi connectivity index (χ1) is 11.8. The number of nitrogens with one attached hydrogen (secondary N) is 2. The van der Waals surface area contributed by atoms with Crippen molar-refractivity contribution in [3.63, 3.8) is 0 Å². The molecule has 0 spiro atoms. The van der Waals surface area contributed by atoms with Crippen LogP contribution >= 0.6 is 11.3 Å². The third kappa shape index (κ3) is 2.88. The van der Waals surface area contributed by atoms with Gasteiger partial charge < -0.3 is 9.88 Å². The van der Waals surface area contributed by atoms with E-state index in [4.69, 9.17) is 0 Å². The first-order valence-corrected chi connectivity index (χ1v) is 8.58. The maximum Gasteiger partial charge on any atom is 0.321 e. The van der Waals surface area contributed by atoms with Crippen LogP contribution in [0.15, 0.2) is 48.5 Å². The van der Waals surface area contributed by atoms with Crippen LogP contribution in [0.4, 0.5) is 9.93 Å². The number of benzene rings is 1. The highest BCUT2D eigenvalue weighted by Gasteiger charge is 2.31. The fourth-order valence-electron chi connectivity index (χ4n) is 3.21. The standard InChI is InChI=1S/C16H16N6OS/c23-15(20-16-21-18-10-24-16)19-14-12-4-2-1-3-11(12)5-6-13(14)22-8-7-17-9-22/h1-4,7-10,13-14H,5-6H2,(H2,19,20,21,23)/t13-,14-/m0/s1. The second-order valence-electron chi connectivity index (χ2n) is 5.63. The molecule has 0 unspecified atom stereocenters. The molecule has 2 N–H and O–H groups in total. The second kappa shape index (κ2) is 6.40. The van der Waals surface area contributed by atoms with E-state index in [1.165, 1.54) is 16.9 Å². The highest BCUT2D eigenvalue weighted by atomic mass is 32.1. The Bertz CT molecular complexity index is 817. The summed E-state index contributed by atoms with van der Waals surface area (Å²) in [6.07, 6.45) is 7.43. The zero-order chi connectivity index (χ0) is 16.4. The number of carbonyl (C=O) groups excluding carboxylic acids is 1. The average molecular weight is 340 g/mol. The highest BCUT2D eigenvalue weighted by Crippen LogP contribution is 2.37. The molecule has 2 amide bonds. The van der Waals surface area contributed by atoms with Gasteiger partial charge in [-0.3, -0.25) is 5.32 Å². The first-order valence-electron chi connectivity index (χ1n) is 7.70. The molecule has 0 aliphatic heterocycles. The van der Waals surface area contributed by atoms with Crippen molar-refractivity contribution in [3.05, 3.63) is 59.6 Å². The minimum atomic E-state index is -0.279. The summed E-state index contributed by atoms with van der Waals surface area (Å²) in [7, 11) is 0. The molecule has 8 heteroatoms. The summed E-state index contributed by atoms with van der Waals surface area (Å²) >= 11 is 1.29. The van der Waals surface area contributed by atoms with E-state index in [1.54, 1.807) is 18.0 Å². The Morgan fingerprint density at radius 2 is 2.25 bits per heavy atom. The topological polar surface area (TPSA) is 84.7 Å². The average Bonchev–Trinajstić information content (AvgIpc) is 3.29. The van der Waals surface area contributed by atoms with Crippen LogP contribution in [0.1, 0.15) is 29.6 Å². The number of fused-ring (bicyclic) bond motifs is 1. The van der Waals surface area contributed by atoms with Gasteiger partial charge in [-0.15, -0.1) is 10.2 Å². The van der Waals surface area contributed by atoms with Gasteiger partial charge in [-0.2, -0.15) is 0 Å². The lowest BCUT2D eigenvalue weighted by Gasteiger charge is -2.34. The molecule has 24 heavy (non-hydrogen) atoms. The van der Waals surface area contributed by atoms with Crippen molar-refractivity contribution in [2.45, 2.75) is 24.9 Å². The van der Waals surface area contributed by atoms with E-state index in [0.29, 0.717) is 5.13 Å². The summed E-state index contributed by atoms with van der Waals surface area (Å²) in [6.45, 7) is 0. The lowest BCUT2D eigenvalue weighted by atomic mass is 9.84. The Morgan fingerprint density at radius 1 is 1.33 bits per heavy atom. The molecule has 2 aromatic heterocycles. The van der Waals surface area contributed by atoms with Gasteiger partial charge in [0.2, 0.25) is 5.13 Å². The number of urea groups is 1. The minimum Gasteiger partial charge on any atom is -0.332 e. The third-order valence-electron chi connectivity index (χ3n) is 4.26. The molecule has 4 rings (SSSR count). The van der Waals surface area contributed by atoms with Crippen LogP contribution in [0.5, 0.6) is 0 Å². The number of imidazole rings is 1. The Balaban J connectivity index is 1.61. The Morgan fingerprint density at radius 3 is 3.04 bits per heavy atom. The lowest BCUT2D eigenvalue weighted by Crippen LogP contribution is -2.39. The molecule has 0 saturated carbocycles. The lowest BCUT2D eigenvalue weighted by molar-refractivity contribution is 0.239. The zero-order valence-electron chi connectivity index (χ0n) is 12.8. The normalized spacial score (nSPS) is 19.5. The fourth-order valence-corrected chi connectivity index (χ4v) is 3.65. The summed E-state index contributed by atoms with van der Waals surface area (Å²) in [6, 6.07) is 7.96. The number of rotatable bonds is 3. The molecule has 0 radical (unpaired) electrons. The fraction of sp³-hybridized carbons (Fsp3) is 0.250. The molecule has 2 atom stereocenters. The number of hydrogen-bond donors (Lipinski definition) is 2. The summed E-state index contributed by atoms with van der Waals surface area (Å²) in [4.78, 5) is 16.5. The van der Waals surface area contributed by atoms with E-state index in [-0.39, 0.29) is 18.1 Å². The van der Waals surface area contributed by atoms with E-state index in [9.17, 15) is 4.79 Å². The van der Waals surface area contributed by atoms with Gasteiger partial charge in [-0.25, -0.2) is 9.78 Å². The van der Waals surface area contributed by atoms with Crippen molar-refractivity contribution >= 4 is 22.5 Å². The summed E-state index contributed by atoms with van der Waals surface area (Å²) in [5.41, 5.74) is 4.00. The van der Waals surface area contributed by atoms with E-state index < -0.39 is 0 Å². The molecule has 1 aliphatic rings. The molecular formula is C16H16N6OS. The smallest absolute Gasteiger partial charge is 0.321 e. The van der Waals surface area contributed by atoms with Crippen molar-refractivity contribution in [1.29, 1.82) is 0 Å². The molecule has 0 saturated heterocycles. The summed E-state index contributed by atoms with van der Waals surface area (Å²) < 4.78 is 2.06. The van der Waals surface area contributed by atoms with Crippen molar-refractivity contribution < 1.29 is 4.79 Å². The number of carbonyl (C=O) groups is 1. The minimum absolute atomic E-state index is 0.127. The highest BCUT2D eigenvalue weighted by molar-refractivity contribution is 7.13. The van der Waals surface area contributed by atoms with Crippen LogP contribution in [0, 0.1) is 0 Å². The van der Waals surface area contributed by atoms with Crippen molar-refractivity contribution in [2.75, 3.05) is 5.32 Å². The van der Waals surface area contributed by atoms with Gasteiger partial charge in [-0.05, 0) is 24.0 Å². The molecule has 0 bridgehead atoms. The maximum atomic E-state index is 12.4. The molecule has 1 aromatic carbocycles.